The second-order valence-corrected chi connectivity index (χ2v) is 4.12. The number of amides is 1. The van der Waals surface area contributed by atoms with E-state index < -0.39 is 37.1 Å². The molecule has 18 heavy (non-hydrogen) atoms. The zero-order valence-electron chi connectivity index (χ0n) is 9.43. The van der Waals surface area contributed by atoms with Crippen LogP contribution < -0.4 is 11.5 Å². The number of nitrogens with two attached hydrogens (primary N) is 2. The van der Waals surface area contributed by atoms with Crippen LogP contribution in [0, 0.1) is 0 Å². The first-order chi connectivity index (χ1) is 8.47. The van der Waals surface area contributed by atoms with Gasteiger partial charge in [0.25, 0.3) is 5.91 Å². The fourth-order valence-corrected chi connectivity index (χ4v) is 2.00. The van der Waals surface area contributed by atoms with Gasteiger partial charge in [-0.25, -0.2) is 0 Å². The van der Waals surface area contributed by atoms with Crippen molar-refractivity contribution in [1.82, 2.24) is 4.57 Å². The Morgan fingerprint density at radius 2 is 2.11 bits per heavy atom. The third kappa shape index (κ3) is 1.85. The molecule has 1 amide bonds. The van der Waals surface area contributed by atoms with E-state index in [0.29, 0.717) is 0 Å². The molecule has 1 saturated heterocycles. The van der Waals surface area contributed by atoms with Gasteiger partial charge in [-0.3, -0.25) is 4.79 Å². The first-order valence-electron chi connectivity index (χ1n) is 5.36. The van der Waals surface area contributed by atoms with E-state index in [1.165, 1.54) is 16.8 Å². The number of aliphatic hydroxyl groups is 3. The van der Waals surface area contributed by atoms with Gasteiger partial charge in [-0.05, 0) is 6.07 Å². The smallest absolute Gasteiger partial charge is 0.252 e. The van der Waals surface area contributed by atoms with Gasteiger partial charge in [0.05, 0.1) is 12.2 Å². The van der Waals surface area contributed by atoms with Crippen molar-refractivity contribution in [2.24, 2.45) is 5.73 Å². The maximum Gasteiger partial charge on any atom is 0.252 e. The SMILES string of the molecule is NC(=O)c1ccn([C@@H]2O[C@H](CO)[C@@H](O)[C@H]2O)c1N. The Morgan fingerprint density at radius 1 is 1.44 bits per heavy atom. The molecule has 1 aliphatic rings. The van der Waals surface area contributed by atoms with Gasteiger partial charge < -0.3 is 36.1 Å². The maximum absolute atomic E-state index is 11.1. The standard InChI is InChI=1S/C10H15N3O5/c11-8-4(9(12)17)1-2-13(8)10-7(16)6(15)5(3-14)18-10/h1-2,5-7,10,14-16H,3,11H2,(H2,12,17)/t5-,6-,7-,10-/m1/s1. The van der Waals surface area contributed by atoms with E-state index in [2.05, 4.69) is 0 Å². The molecular formula is C10H15N3O5. The van der Waals surface area contributed by atoms with Crippen LogP contribution in [0.5, 0.6) is 0 Å². The highest BCUT2D eigenvalue weighted by atomic mass is 16.6. The minimum absolute atomic E-state index is 0.0392. The summed E-state index contributed by atoms with van der Waals surface area (Å²) in [4.78, 5) is 11.1. The summed E-state index contributed by atoms with van der Waals surface area (Å²) in [5, 5.41) is 28.4. The topological polar surface area (TPSA) is 144 Å². The average molecular weight is 257 g/mol. The highest BCUT2D eigenvalue weighted by Gasteiger charge is 2.43. The molecule has 2 heterocycles. The van der Waals surface area contributed by atoms with Crippen LogP contribution in [0.3, 0.4) is 0 Å². The van der Waals surface area contributed by atoms with Crippen molar-refractivity contribution < 1.29 is 24.9 Å². The zero-order valence-corrected chi connectivity index (χ0v) is 9.43. The number of aliphatic hydroxyl groups excluding tert-OH is 3. The molecule has 1 fully saturated rings. The fraction of sp³-hybridized carbons (Fsp3) is 0.500. The monoisotopic (exact) mass is 257 g/mol. The van der Waals surface area contributed by atoms with Gasteiger partial charge in [-0.2, -0.15) is 0 Å². The van der Waals surface area contributed by atoms with E-state index in [1.807, 2.05) is 0 Å². The molecule has 100 valence electrons. The van der Waals surface area contributed by atoms with Crippen LogP contribution in [0.1, 0.15) is 16.6 Å². The van der Waals surface area contributed by atoms with Gasteiger partial charge >= 0.3 is 0 Å². The number of ether oxygens (including phenoxy) is 1. The molecular weight excluding hydrogens is 242 g/mol. The third-order valence-electron chi connectivity index (χ3n) is 3.01. The largest absolute Gasteiger partial charge is 0.394 e. The molecule has 1 aliphatic heterocycles. The van der Waals surface area contributed by atoms with Crippen molar-refractivity contribution in [1.29, 1.82) is 0 Å². The van der Waals surface area contributed by atoms with Gasteiger partial charge in [0, 0.05) is 6.20 Å². The Balaban J connectivity index is 2.30. The first kappa shape index (κ1) is 12.8. The van der Waals surface area contributed by atoms with Crippen LogP contribution in [-0.4, -0.2) is 50.7 Å². The van der Waals surface area contributed by atoms with E-state index in [4.69, 9.17) is 21.3 Å². The number of primary amides is 1. The number of nitrogens with zero attached hydrogens (tertiary/aromatic N) is 1. The molecule has 0 saturated carbocycles. The van der Waals surface area contributed by atoms with Crippen molar-refractivity contribution in [2.75, 3.05) is 12.3 Å². The quantitative estimate of drug-likeness (QED) is 0.415. The number of carbonyl (C=O) groups is 1. The predicted molar refractivity (Wildman–Crippen MR) is 60.4 cm³/mol. The molecule has 0 spiro atoms. The van der Waals surface area contributed by atoms with Gasteiger partial charge in [-0.1, -0.05) is 0 Å². The van der Waals surface area contributed by atoms with Crippen molar-refractivity contribution in [3.8, 4) is 0 Å². The molecule has 0 aliphatic carbocycles. The van der Waals surface area contributed by atoms with E-state index >= 15 is 0 Å². The Hall–Kier alpha value is -1.61. The summed E-state index contributed by atoms with van der Waals surface area (Å²) in [6, 6.07) is 1.40. The van der Waals surface area contributed by atoms with Crippen LogP contribution in [0.25, 0.3) is 0 Å². The molecule has 0 bridgehead atoms. The number of nitrogen functional groups attached to an aromatic ring is 1. The molecule has 1 aromatic rings. The molecule has 8 heteroatoms. The minimum atomic E-state index is -1.25. The van der Waals surface area contributed by atoms with Crippen molar-refractivity contribution in [3.05, 3.63) is 17.8 Å². The summed E-state index contributed by atoms with van der Waals surface area (Å²) in [7, 11) is 0. The number of anilines is 1. The molecule has 8 nitrogen and oxygen atoms in total. The van der Waals surface area contributed by atoms with E-state index in [-0.39, 0.29) is 11.4 Å². The fourth-order valence-electron chi connectivity index (χ4n) is 2.00. The summed E-state index contributed by atoms with van der Waals surface area (Å²) in [5.74, 6) is -0.657. The Bertz CT molecular complexity index is 460. The molecule has 2 rings (SSSR count). The normalized spacial score (nSPS) is 31.7. The van der Waals surface area contributed by atoms with Gasteiger partial charge in [-0.15, -0.1) is 0 Å². The van der Waals surface area contributed by atoms with E-state index in [9.17, 15) is 15.0 Å². The van der Waals surface area contributed by atoms with Gasteiger partial charge in [0.15, 0.2) is 6.23 Å². The Kier molecular flexibility index (Phi) is 3.26. The van der Waals surface area contributed by atoms with Gasteiger partial charge in [0.2, 0.25) is 0 Å². The van der Waals surface area contributed by atoms with Crippen molar-refractivity contribution >= 4 is 11.7 Å². The first-order valence-corrected chi connectivity index (χ1v) is 5.36. The Morgan fingerprint density at radius 3 is 2.56 bits per heavy atom. The molecule has 1 aromatic heterocycles. The van der Waals surface area contributed by atoms with Crippen LogP contribution in [-0.2, 0) is 4.74 Å². The predicted octanol–water partition coefficient (Wildman–Crippen LogP) is -2.22. The number of rotatable bonds is 3. The molecule has 0 aromatic carbocycles. The van der Waals surface area contributed by atoms with Crippen LogP contribution in [0.4, 0.5) is 5.82 Å². The lowest BCUT2D eigenvalue weighted by atomic mass is 10.1. The second-order valence-electron chi connectivity index (χ2n) is 4.12. The summed E-state index contributed by atoms with van der Waals surface area (Å²) in [6.07, 6.45) is -2.92. The van der Waals surface area contributed by atoms with Crippen LogP contribution in [0.2, 0.25) is 0 Å². The van der Waals surface area contributed by atoms with Crippen LogP contribution in [0.15, 0.2) is 12.3 Å². The molecule has 7 N–H and O–H groups in total. The minimum Gasteiger partial charge on any atom is -0.394 e. The van der Waals surface area contributed by atoms with Crippen molar-refractivity contribution in [3.63, 3.8) is 0 Å². The number of hydrogen-bond donors (Lipinski definition) is 5. The van der Waals surface area contributed by atoms with Gasteiger partial charge in [0.1, 0.15) is 24.1 Å². The Labute approximate surface area is 102 Å². The second kappa shape index (κ2) is 4.58. The molecule has 0 radical (unpaired) electrons. The lowest BCUT2D eigenvalue weighted by Crippen LogP contribution is -2.33. The van der Waals surface area contributed by atoms with E-state index in [0.717, 1.165) is 0 Å². The summed E-state index contributed by atoms with van der Waals surface area (Å²) < 4.78 is 6.57. The molecule has 4 atom stereocenters. The maximum atomic E-state index is 11.1. The third-order valence-corrected chi connectivity index (χ3v) is 3.01. The summed E-state index contributed by atoms with van der Waals surface area (Å²) in [5.41, 5.74) is 10.9. The summed E-state index contributed by atoms with van der Waals surface area (Å²) in [6.45, 7) is -0.432. The highest BCUT2D eigenvalue weighted by molar-refractivity contribution is 5.97. The average Bonchev–Trinajstić information content (AvgIpc) is 2.82. The lowest BCUT2D eigenvalue weighted by molar-refractivity contribution is -0.0515. The number of aromatic nitrogens is 1. The lowest BCUT2D eigenvalue weighted by Gasteiger charge is -2.18. The molecule has 0 unspecified atom stereocenters. The highest BCUT2D eigenvalue weighted by Crippen LogP contribution is 2.32. The zero-order chi connectivity index (χ0) is 13.4. The van der Waals surface area contributed by atoms with Crippen LogP contribution >= 0.6 is 0 Å². The van der Waals surface area contributed by atoms with E-state index in [1.54, 1.807) is 0 Å². The number of carbonyl (C=O) groups excluding carboxylic acids is 1. The van der Waals surface area contributed by atoms with Crippen molar-refractivity contribution in [2.45, 2.75) is 24.5 Å². The summed E-state index contributed by atoms with van der Waals surface area (Å²) >= 11 is 0. The number of hydrogen-bond acceptors (Lipinski definition) is 6.